The summed E-state index contributed by atoms with van der Waals surface area (Å²) in [5.41, 5.74) is 2.86. The van der Waals surface area contributed by atoms with Gasteiger partial charge in [-0.2, -0.15) is 0 Å². The molecule has 0 bridgehead atoms. The number of nitrogens with zero attached hydrogens (tertiary/aromatic N) is 1. The molecule has 7 heteroatoms. The van der Waals surface area contributed by atoms with E-state index in [9.17, 15) is 9.59 Å². The van der Waals surface area contributed by atoms with E-state index < -0.39 is 6.04 Å². The van der Waals surface area contributed by atoms with E-state index in [1.165, 1.54) is 6.42 Å². The van der Waals surface area contributed by atoms with Crippen LogP contribution in [-0.4, -0.2) is 35.5 Å². The molecule has 1 saturated carbocycles. The molecule has 1 aliphatic carbocycles. The number of carbonyl (C=O) groups excluding carboxylic acids is 2. The van der Waals surface area contributed by atoms with Crippen molar-refractivity contribution in [2.24, 2.45) is 5.92 Å². The van der Waals surface area contributed by atoms with Crippen LogP contribution in [-0.2, 0) is 14.3 Å². The number of nitrogens with one attached hydrogen (secondary N) is 2. The lowest BCUT2D eigenvalue weighted by molar-refractivity contribution is -0.139. The summed E-state index contributed by atoms with van der Waals surface area (Å²) in [6.45, 7) is 3.95. The second-order valence-electron chi connectivity index (χ2n) is 7.61. The van der Waals surface area contributed by atoms with Gasteiger partial charge in [-0.1, -0.05) is 31.4 Å². The van der Waals surface area contributed by atoms with E-state index in [1.807, 2.05) is 38.2 Å². The van der Waals surface area contributed by atoms with E-state index in [2.05, 4.69) is 10.6 Å². The minimum atomic E-state index is -0.427. The fourth-order valence-electron chi connectivity index (χ4n) is 3.96. The van der Waals surface area contributed by atoms with Crippen LogP contribution < -0.4 is 10.6 Å². The van der Waals surface area contributed by atoms with Gasteiger partial charge in [0.25, 0.3) is 0 Å². The van der Waals surface area contributed by atoms with Gasteiger partial charge >= 0.3 is 5.97 Å². The van der Waals surface area contributed by atoms with E-state index in [4.69, 9.17) is 17.0 Å². The summed E-state index contributed by atoms with van der Waals surface area (Å²) in [6, 6.07) is 7.16. The molecular weight excluding hydrogens is 386 g/mol. The van der Waals surface area contributed by atoms with Gasteiger partial charge in [-0.15, -0.1) is 0 Å². The Labute approximate surface area is 177 Å². The first-order valence-electron chi connectivity index (χ1n) is 10.2. The maximum absolute atomic E-state index is 12.7. The van der Waals surface area contributed by atoms with Crippen LogP contribution in [0.2, 0.25) is 0 Å². The van der Waals surface area contributed by atoms with E-state index >= 15 is 0 Å². The number of rotatable bonds is 5. The van der Waals surface area contributed by atoms with E-state index in [-0.39, 0.29) is 17.8 Å². The molecule has 1 amide bonds. The third-order valence-electron chi connectivity index (χ3n) is 5.71. The van der Waals surface area contributed by atoms with Gasteiger partial charge in [-0.25, -0.2) is 4.79 Å². The topological polar surface area (TPSA) is 70.7 Å². The smallest absolute Gasteiger partial charge is 0.338 e. The molecule has 1 aromatic rings. The number of thiocarbonyl (C=S) groups is 1. The molecule has 1 fully saturated rings. The van der Waals surface area contributed by atoms with Crippen LogP contribution in [0.25, 0.3) is 0 Å². The number of allylic oxidation sites excluding steroid dienone is 1. The minimum absolute atomic E-state index is 0.0750. The Morgan fingerprint density at radius 1 is 1.28 bits per heavy atom. The van der Waals surface area contributed by atoms with Crippen molar-refractivity contribution in [2.75, 3.05) is 19.0 Å². The lowest BCUT2D eigenvalue weighted by Crippen LogP contribution is -2.46. The molecule has 156 valence electrons. The number of hydrogen-bond donors (Lipinski definition) is 2. The number of ether oxygens (including phenoxy) is 1. The van der Waals surface area contributed by atoms with Crippen molar-refractivity contribution in [2.45, 2.75) is 52.0 Å². The molecule has 0 aromatic heterocycles. The fraction of sp³-hybridized carbons (Fsp3) is 0.500. The molecule has 1 atom stereocenters. The number of amides is 1. The summed E-state index contributed by atoms with van der Waals surface area (Å²) in [4.78, 5) is 27.0. The van der Waals surface area contributed by atoms with Crippen molar-refractivity contribution in [3.05, 3.63) is 41.1 Å². The molecule has 1 heterocycles. The number of carbonyl (C=O) groups is 2. The van der Waals surface area contributed by atoms with Gasteiger partial charge in [0.1, 0.15) is 0 Å². The predicted molar refractivity (Wildman–Crippen MR) is 117 cm³/mol. The van der Waals surface area contributed by atoms with E-state index in [0.29, 0.717) is 17.3 Å². The van der Waals surface area contributed by atoms with Gasteiger partial charge < -0.3 is 20.3 Å². The van der Waals surface area contributed by atoms with Crippen molar-refractivity contribution >= 4 is 34.9 Å². The Morgan fingerprint density at radius 2 is 2.00 bits per heavy atom. The molecule has 3 rings (SSSR count). The second-order valence-corrected chi connectivity index (χ2v) is 8.00. The second kappa shape index (κ2) is 9.39. The standard InChI is InChI=1S/C22H29N3O3S/c1-4-28-21(27)18-14(2)25(3)22(29)24-19(18)16-11-8-12-17(13-16)23-20(26)15-9-6-5-7-10-15/h8,11-13,15,19H,4-7,9-10H2,1-3H3,(H,23,26)(H,24,29). The van der Waals surface area contributed by atoms with E-state index in [1.54, 1.807) is 11.8 Å². The molecule has 2 aliphatic rings. The average Bonchev–Trinajstić information content (AvgIpc) is 2.72. The van der Waals surface area contributed by atoms with Crippen LogP contribution in [0.4, 0.5) is 5.69 Å². The normalized spacial score (nSPS) is 20.3. The van der Waals surface area contributed by atoms with Crippen LogP contribution in [0.3, 0.4) is 0 Å². The van der Waals surface area contributed by atoms with Gasteiger partial charge in [0.2, 0.25) is 5.91 Å². The molecule has 1 aromatic carbocycles. The Kier molecular flexibility index (Phi) is 6.90. The van der Waals surface area contributed by atoms with Crippen molar-refractivity contribution in [3.8, 4) is 0 Å². The molecule has 1 unspecified atom stereocenters. The summed E-state index contributed by atoms with van der Waals surface area (Å²) in [6.07, 6.45) is 5.34. The summed E-state index contributed by atoms with van der Waals surface area (Å²) < 4.78 is 5.28. The number of anilines is 1. The van der Waals surface area contributed by atoms with Crippen LogP contribution >= 0.6 is 12.2 Å². The lowest BCUT2D eigenvalue weighted by atomic mass is 9.88. The molecule has 0 radical (unpaired) electrons. The highest BCUT2D eigenvalue weighted by molar-refractivity contribution is 7.80. The monoisotopic (exact) mass is 415 g/mol. The Balaban J connectivity index is 1.86. The molecule has 1 aliphatic heterocycles. The van der Waals surface area contributed by atoms with Crippen molar-refractivity contribution in [1.29, 1.82) is 0 Å². The highest BCUT2D eigenvalue weighted by Crippen LogP contribution is 2.32. The molecule has 0 saturated heterocycles. The van der Waals surface area contributed by atoms with E-state index in [0.717, 1.165) is 42.6 Å². The zero-order valence-corrected chi connectivity index (χ0v) is 18.1. The van der Waals surface area contributed by atoms with Crippen molar-refractivity contribution in [1.82, 2.24) is 10.2 Å². The first-order valence-corrected chi connectivity index (χ1v) is 10.7. The minimum Gasteiger partial charge on any atom is -0.463 e. The quantitative estimate of drug-likeness (QED) is 0.561. The summed E-state index contributed by atoms with van der Waals surface area (Å²) in [5, 5.41) is 6.82. The lowest BCUT2D eigenvalue weighted by Gasteiger charge is -2.35. The number of esters is 1. The SMILES string of the molecule is CCOC(=O)C1=C(C)N(C)C(=S)NC1c1cccc(NC(=O)C2CCCCC2)c1. The highest BCUT2D eigenvalue weighted by Gasteiger charge is 2.33. The van der Waals surface area contributed by atoms with Gasteiger partial charge in [-0.05, 0) is 56.6 Å². The van der Waals surface area contributed by atoms with Crippen molar-refractivity contribution in [3.63, 3.8) is 0 Å². The van der Waals surface area contributed by atoms with Crippen LogP contribution in [0.5, 0.6) is 0 Å². The fourth-order valence-corrected chi connectivity index (χ4v) is 4.22. The highest BCUT2D eigenvalue weighted by atomic mass is 32.1. The third-order valence-corrected chi connectivity index (χ3v) is 6.10. The Morgan fingerprint density at radius 3 is 2.69 bits per heavy atom. The zero-order valence-electron chi connectivity index (χ0n) is 17.3. The van der Waals surface area contributed by atoms with Gasteiger partial charge in [0.15, 0.2) is 5.11 Å². The predicted octanol–water partition coefficient (Wildman–Crippen LogP) is 3.90. The van der Waals surface area contributed by atoms with Gasteiger partial charge in [0.05, 0.1) is 18.2 Å². The summed E-state index contributed by atoms with van der Waals surface area (Å²) in [5.74, 6) is -0.210. The zero-order chi connectivity index (χ0) is 21.0. The van der Waals surface area contributed by atoms with Crippen LogP contribution in [0, 0.1) is 5.92 Å². The average molecular weight is 416 g/mol. The number of hydrogen-bond acceptors (Lipinski definition) is 4. The summed E-state index contributed by atoms with van der Waals surface area (Å²) in [7, 11) is 1.82. The molecule has 2 N–H and O–H groups in total. The Hall–Kier alpha value is -2.41. The van der Waals surface area contributed by atoms with Crippen LogP contribution in [0.1, 0.15) is 57.6 Å². The van der Waals surface area contributed by atoms with Gasteiger partial charge in [0, 0.05) is 24.4 Å². The maximum Gasteiger partial charge on any atom is 0.338 e. The van der Waals surface area contributed by atoms with Crippen LogP contribution in [0.15, 0.2) is 35.5 Å². The number of benzene rings is 1. The Bertz CT molecular complexity index is 830. The molecule has 0 spiro atoms. The molecule has 29 heavy (non-hydrogen) atoms. The van der Waals surface area contributed by atoms with Crippen molar-refractivity contribution < 1.29 is 14.3 Å². The largest absolute Gasteiger partial charge is 0.463 e. The first-order chi connectivity index (χ1) is 13.9. The maximum atomic E-state index is 12.7. The van der Waals surface area contributed by atoms with Gasteiger partial charge in [-0.3, -0.25) is 4.79 Å². The first kappa shape index (κ1) is 21.3. The molecular formula is C22H29N3O3S. The third kappa shape index (κ3) is 4.78. The molecule has 6 nitrogen and oxygen atoms in total. The summed E-state index contributed by atoms with van der Waals surface area (Å²) >= 11 is 5.43.